The van der Waals surface area contributed by atoms with Gasteiger partial charge in [0.15, 0.2) is 0 Å². The third kappa shape index (κ3) is 1.71. The average molecular weight is 229 g/mol. The molecule has 1 aliphatic heterocycles. The molecule has 0 amide bonds. The molecule has 3 rings (SSSR count). The number of nitrogens with zero attached hydrogens (tertiary/aromatic N) is 2. The third-order valence-electron chi connectivity index (χ3n) is 3.08. The van der Waals surface area contributed by atoms with Crippen LogP contribution in [0.15, 0.2) is 36.7 Å². The van der Waals surface area contributed by atoms with Gasteiger partial charge in [-0.2, -0.15) is 0 Å². The maximum Gasteiger partial charge on any atom is 0.143 e. The first kappa shape index (κ1) is 10.1. The highest BCUT2D eigenvalue weighted by Crippen LogP contribution is 2.31. The van der Waals surface area contributed by atoms with E-state index in [2.05, 4.69) is 16.0 Å². The molecule has 4 heteroatoms. The summed E-state index contributed by atoms with van der Waals surface area (Å²) in [5, 5.41) is 0. The van der Waals surface area contributed by atoms with E-state index in [-0.39, 0.29) is 5.82 Å². The van der Waals surface area contributed by atoms with Crippen LogP contribution >= 0.6 is 0 Å². The van der Waals surface area contributed by atoms with E-state index in [4.69, 9.17) is 5.73 Å². The molecule has 0 radical (unpaired) electrons. The zero-order valence-corrected chi connectivity index (χ0v) is 9.23. The fourth-order valence-electron chi connectivity index (χ4n) is 2.20. The van der Waals surface area contributed by atoms with Crippen LogP contribution in [0.4, 0.5) is 15.8 Å². The van der Waals surface area contributed by atoms with Crippen LogP contribution in [-0.4, -0.2) is 4.98 Å². The monoisotopic (exact) mass is 229 g/mol. The lowest BCUT2D eigenvalue weighted by Crippen LogP contribution is -2.15. The molecule has 1 aromatic heterocycles. The predicted molar refractivity (Wildman–Crippen MR) is 64.9 cm³/mol. The lowest BCUT2D eigenvalue weighted by molar-refractivity contribution is 0.620. The molecule has 0 atom stereocenters. The number of anilines is 2. The second-order valence-electron chi connectivity index (χ2n) is 4.20. The number of hydrogen-bond acceptors (Lipinski definition) is 3. The Morgan fingerprint density at radius 3 is 2.88 bits per heavy atom. The Balaban J connectivity index is 1.94. The minimum Gasteiger partial charge on any atom is -0.398 e. The van der Waals surface area contributed by atoms with Crippen molar-refractivity contribution in [3.63, 3.8) is 0 Å². The summed E-state index contributed by atoms with van der Waals surface area (Å²) in [4.78, 5) is 5.93. The predicted octanol–water partition coefficient (Wildman–Crippen LogP) is 2.32. The van der Waals surface area contributed by atoms with Crippen molar-refractivity contribution in [1.29, 1.82) is 0 Å². The van der Waals surface area contributed by atoms with Gasteiger partial charge in [-0.25, -0.2) is 4.39 Å². The van der Waals surface area contributed by atoms with Crippen LogP contribution in [0.1, 0.15) is 11.1 Å². The number of aromatic nitrogens is 1. The Hall–Kier alpha value is -2.10. The van der Waals surface area contributed by atoms with E-state index in [0.29, 0.717) is 6.54 Å². The zero-order chi connectivity index (χ0) is 11.8. The first-order valence-electron chi connectivity index (χ1n) is 5.46. The second-order valence-corrected chi connectivity index (χ2v) is 4.20. The Kier molecular flexibility index (Phi) is 2.21. The molecule has 17 heavy (non-hydrogen) atoms. The molecular weight excluding hydrogens is 217 g/mol. The topological polar surface area (TPSA) is 42.1 Å². The summed E-state index contributed by atoms with van der Waals surface area (Å²) in [6.07, 6.45) is 2.88. The van der Waals surface area contributed by atoms with Gasteiger partial charge in [-0.3, -0.25) is 4.98 Å². The Morgan fingerprint density at radius 1 is 1.24 bits per heavy atom. The molecule has 0 saturated carbocycles. The summed E-state index contributed by atoms with van der Waals surface area (Å²) in [5.41, 5.74) is 9.86. The van der Waals surface area contributed by atoms with Gasteiger partial charge in [-0.05, 0) is 17.2 Å². The molecule has 0 saturated heterocycles. The van der Waals surface area contributed by atoms with Gasteiger partial charge in [0.1, 0.15) is 5.82 Å². The molecule has 1 aromatic carbocycles. The number of halogens is 1. The van der Waals surface area contributed by atoms with E-state index in [0.717, 1.165) is 23.5 Å². The second kappa shape index (κ2) is 3.73. The van der Waals surface area contributed by atoms with Crippen LogP contribution in [0.5, 0.6) is 0 Å². The number of pyridine rings is 1. The van der Waals surface area contributed by atoms with Gasteiger partial charge in [0, 0.05) is 24.8 Å². The maximum atomic E-state index is 13.1. The molecule has 3 nitrogen and oxygen atoms in total. The van der Waals surface area contributed by atoms with Crippen molar-refractivity contribution < 1.29 is 4.39 Å². The molecule has 2 N–H and O–H groups in total. The lowest BCUT2D eigenvalue weighted by atomic mass is 10.1. The molecule has 0 aliphatic carbocycles. The van der Waals surface area contributed by atoms with E-state index in [1.54, 1.807) is 6.20 Å². The highest BCUT2D eigenvalue weighted by Gasteiger charge is 2.21. The van der Waals surface area contributed by atoms with Crippen LogP contribution in [0.3, 0.4) is 0 Å². The summed E-state index contributed by atoms with van der Waals surface area (Å²) >= 11 is 0. The van der Waals surface area contributed by atoms with E-state index < -0.39 is 0 Å². The van der Waals surface area contributed by atoms with Gasteiger partial charge in [-0.1, -0.05) is 12.1 Å². The molecule has 1 aliphatic rings. The van der Waals surface area contributed by atoms with Gasteiger partial charge in [0.25, 0.3) is 0 Å². The smallest absolute Gasteiger partial charge is 0.143 e. The summed E-state index contributed by atoms with van der Waals surface area (Å²) < 4.78 is 13.1. The van der Waals surface area contributed by atoms with Crippen LogP contribution in [0, 0.1) is 5.82 Å². The molecule has 2 aromatic rings. The molecular formula is C13H12FN3. The number of hydrogen-bond donors (Lipinski definition) is 1. The fraction of sp³-hybridized carbons (Fsp3) is 0.154. The van der Waals surface area contributed by atoms with Crippen LogP contribution < -0.4 is 10.6 Å². The number of nitrogen functional groups attached to an aromatic ring is 1. The average Bonchev–Trinajstić information content (AvgIpc) is 2.74. The SMILES string of the molecule is Nc1cccc2c1CN(c1cncc(F)c1)C2. The molecule has 0 bridgehead atoms. The Bertz CT molecular complexity index is 568. The van der Waals surface area contributed by atoms with Crippen molar-refractivity contribution in [2.45, 2.75) is 13.1 Å². The maximum absolute atomic E-state index is 13.1. The normalized spacial score (nSPS) is 13.8. The first-order chi connectivity index (χ1) is 8.24. The van der Waals surface area contributed by atoms with Gasteiger partial charge in [-0.15, -0.1) is 0 Å². The fourth-order valence-corrected chi connectivity index (χ4v) is 2.20. The van der Waals surface area contributed by atoms with E-state index in [1.165, 1.54) is 17.8 Å². The van der Waals surface area contributed by atoms with Crippen molar-refractivity contribution in [3.8, 4) is 0 Å². The van der Waals surface area contributed by atoms with Crippen molar-refractivity contribution in [3.05, 3.63) is 53.6 Å². The zero-order valence-electron chi connectivity index (χ0n) is 9.23. The van der Waals surface area contributed by atoms with Crippen molar-refractivity contribution in [2.75, 3.05) is 10.6 Å². The molecule has 86 valence electrons. The minimum atomic E-state index is -0.313. The van der Waals surface area contributed by atoms with Crippen LogP contribution in [-0.2, 0) is 13.1 Å². The number of fused-ring (bicyclic) bond motifs is 1. The largest absolute Gasteiger partial charge is 0.398 e. The molecule has 0 unspecified atom stereocenters. The summed E-state index contributed by atoms with van der Waals surface area (Å²) in [7, 11) is 0. The number of benzene rings is 1. The quantitative estimate of drug-likeness (QED) is 0.763. The van der Waals surface area contributed by atoms with Gasteiger partial charge < -0.3 is 10.6 Å². The standard InChI is InChI=1S/C13H12FN3/c14-10-4-11(6-16-5-10)17-7-9-2-1-3-13(15)12(9)8-17/h1-6H,7-8,15H2. The summed E-state index contributed by atoms with van der Waals surface area (Å²) in [6.45, 7) is 1.47. The van der Waals surface area contributed by atoms with Gasteiger partial charge in [0.2, 0.25) is 0 Å². The Morgan fingerprint density at radius 2 is 2.12 bits per heavy atom. The van der Waals surface area contributed by atoms with E-state index in [9.17, 15) is 4.39 Å². The highest BCUT2D eigenvalue weighted by atomic mass is 19.1. The van der Waals surface area contributed by atoms with Gasteiger partial charge >= 0.3 is 0 Å². The summed E-state index contributed by atoms with van der Waals surface area (Å²) in [5.74, 6) is -0.313. The Labute approximate surface area is 98.7 Å². The number of rotatable bonds is 1. The van der Waals surface area contributed by atoms with Crippen molar-refractivity contribution in [1.82, 2.24) is 4.98 Å². The third-order valence-corrected chi connectivity index (χ3v) is 3.08. The van der Waals surface area contributed by atoms with Crippen molar-refractivity contribution >= 4 is 11.4 Å². The van der Waals surface area contributed by atoms with Crippen LogP contribution in [0.2, 0.25) is 0 Å². The molecule has 0 spiro atoms. The highest BCUT2D eigenvalue weighted by molar-refractivity contribution is 5.59. The summed E-state index contributed by atoms with van der Waals surface area (Å²) in [6, 6.07) is 7.39. The van der Waals surface area contributed by atoms with Gasteiger partial charge in [0.05, 0.1) is 18.1 Å². The minimum absolute atomic E-state index is 0.313. The first-order valence-corrected chi connectivity index (χ1v) is 5.46. The number of nitrogens with two attached hydrogens (primary N) is 1. The van der Waals surface area contributed by atoms with Crippen molar-refractivity contribution in [2.24, 2.45) is 0 Å². The van der Waals surface area contributed by atoms with E-state index >= 15 is 0 Å². The molecule has 0 fully saturated rings. The molecule has 2 heterocycles. The van der Waals surface area contributed by atoms with E-state index in [1.807, 2.05) is 12.1 Å². The van der Waals surface area contributed by atoms with Crippen LogP contribution in [0.25, 0.3) is 0 Å². The lowest BCUT2D eigenvalue weighted by Gasteiger charge is -2.16.